The second kappa shape index (κ2) is 8.22. The smallest absolute Gasteiger partial charge is 0.265 e. The molecule has 0 fully saturated rings. The number of hydrogen-bond donors (Lipinski definition) is 2. The SMILES string of the molecule is CS(=O)(=O)Nc1ccc2cc(C(N)=O)n(-c3cccc(S(=O)(=O)c4cccc(Cl)c4)c3)c2c1. The van der Waals surface area contributed by atoms with Crippen molar-refractivity contribution in [2.24, 2.45) is 5.73 Å². The molecule has 0 saturated heterocycles. The van der Waals surface area contributed by atoms with Crippen LogP contribution in [0.5, 0.6) is 0 Å². The van der Waals surface area contributed by atoms with Crippen LogP contribution in [0.15, 0.2) is 82.6 Å². The first-order chi connectivity index (χ1) is 15.5. The first kappa shape index (κ1) is 22.8. The zero-order valence-electron chi connectivity index (χ0n) is 17.2. The van der Waals surface area contributed by atoms with Crippen LogP contribution >= 0.6 is 11.6 Å². The first-order valence-corrected chi connectivity index (χ1v) is 13.3. The van der Waals surface area contributed by atoms with E-state index in [0.29, 0.717) is 16.6 Å². The van der Waals surface area contributed by atoms with E-state index >= 15 is 0 Å². The van der Waals surface area contributed by atoms with Crippen molar-refractivity contribution in [3.05, 3.63) is 83.5 Å². The van der Waals surface area contributed by atoms with E-state index in [1.807, 2.05) is 0 Å². The number of carbonyl (C=O) groups is 1. The Kier molecular flexibility index (Phi) is 5.69. The molecule has 0 bridgehead atoms. The second-order valence-electron chi connectivity index (χ2n) is 7.34. The lowest BCUT2D eigenvalue weighted by atomic mass is 10.2. The highest BCUT2D eigenvalue weighted by Gasteiger charge is 2.21. The fourth-order valence-electron chi connectivity index (χ4n) is 3.50. The van der Waals surface area contributed by atoms with Crippen molar-refractivity contribution in [1.82, 2.24) is 4.57 Å². The van der Waals surface area contributed by atoms with Gasteiger partial charge < -0.3 is 10.3 Å². The Hall–Kier alpha value is -3.34. The minimum Gasteiger partial charge on any atom is -0.364 e. The summed E-state index contributed by atoms with van der Waals surface area (Å²) in [6.45, 7) is 0. The molecule has 3 N–H and O–H groups in total. The number of nitrogens with zero attached hydrogens (tertiary/aromatic N) is 1. The third-order valence-electron chi connectivity index (χ3n) is 4.85. The van der Waals surface area contributed by atoms with E-state index < -0.39 is 25.8 Å². The standard InChI is InChI=1S/C22H18ClN3O5S2/c1-32(28,29)25-16-9-8-14-10-21(22(24)27)26(20(14)12-16)17-5-3-7-19(13-17)33(30,31)18-6-2-4-15(23)11-18/h2-13,25H,1H3,(H2,24,27). The summed E-state index contributed by atoms with van der Waals surface area (Å²) in [5.74, 6) is -0.730. The molecule has 0 aliphatic heterocycles. The number of benzene rings is 3. The van der Waals surface area contributed by atoms with E-state index in [-0.39, 0.29) is 26.2 Å². The molecule has 170 valence electrons. The van der Waals surface area contributed by atoms with Crippen LogP contribution in [-0.4, -0.2) is 33.6 Å². The third kappa shape index (κ3) is 4.58. The summed E-state index contributed by atoms with van der Waals surface area (Å²) in [5, 5.41) is 0.900. The molecule has 4 aromatic rings. The molecule has 1 amide bonds. The monoisotopic (exact) mass is 503 g/mol. The topological polar surface area (TPSA) is 128 Å². The number of hydrogen-bond acceptors (Lipinski definition) is 5. The number of carbonyl (C=O) groups excluding carboxylic acids is 1. The molecule has 0 unspecified atom stereocenters. The van der Waals surface area contributed by atoms with Crippen LogP contribution in [0.25, 0.3) is 16.6 Å². The maximum Gasteiger partial charge on any atom is 0.265 e. The Morgan fingerprint density at radius 2 is 1.58 bits per heavy atom. The summed E-state index contributed by atoms with van der Waals surface area (Å²) >= 11 is 5.96. The highest BCUT2D eigenvalue weighted by molar-refractivity contribution is 7.92. The summed E-state index contributed by atoms with van der Waals surface area (Å²) < 4.78 is 53.5. The number of halogens is 1. The number of amides is 1. The zero-order chi connectivity index (χ0) is 24.0. The van der Waals surface area contributed by atoms with Gasteiger partial charge in [0.1, 0.15) is 5.69 Å². The van der Waals surface area contributed by atoms with Gasteiger partial charge in [0.25, 0.3) is 5.91 Å². The molecule has 0 atom stereocenters. The Labute approximate surface area is 195 Å². The number of aromatic nitrogens is 1. The number of nitrogens with two attached hydrogens (primary N) is 1. The van der Waals surface area contributed by atoms with Crippen molar-refractivity contribution in [2.45, 2.75) is 9.79 Å². The molecule has 1 heterocycles. The number of anilines is 1. The van der Waals surface area contributed by atoms with Crippen molar-refractivity contribution in [2.75, 3.05) is 11.0 Å². The van der Waals surface area contributed by atoms with Crippen LogP contribution in [0.2, 0.25) is 5.02 Å². The van der Waals surface area contributed by atoms with Crippen LogP contribution in [0, 0.1) is 0 Å². The normalized spacial score (nSPS) is 12.1. The molecule has 8 nitrogen and oxygen atoms in total. The Morgan fingerprint density at radius 1 is 0.909 bits per heavy atom. The Balaban J connectivity index is 1.92. The summed E-state index contributed by atoms with van der Waals surface area (Å²) in [7, 11) is -7.43. The van der Waals surface area contributed by atoms with Gasteiger partial charge in [-0.25, -0.2) is 16.8 Å². The lowest BCUT2D eigenvalue weighted by Crippen LogP contribution is -2.16. The molecule has 33 heavy (non-hydrogen) atoms. The number of sulfonamides is 1. The summed E-state index contributed by atoms with van der Waals surface area (Å²) in [4.78, 5) is 12.2. The number of nitrogens with one attached hydrogen (secondary N) is 1. The van der Waals surface area contributed by atoms with E-state index in [1.54, 1.807) is 48.5 Å². The summed E-state index contributed by atoms with van der Waals surface area (Å²) in [6, 6.07) is 18.2. The number of fused-ring (bicyclic) bond motifs is 1. The molecule has 0 spiro atoms. The predicted octanol–water partition coefficient (Wildman–Crippen LogP) is 3.59. The molecule has 0 aliphatic carbocycles. The van der Waals surface area contributed by atoms with Crippen molar-refractivity contribution in [1.29, 1.82) is 0 Å². The van der Waals surface area contributed by atoms with Crippen LogP contribution in [0.3, 0.4) is 0 Å². The van der Waals surface area contributed by atoms with Gasteiger partial charge in [-0.05, 0) is 54.6 Å². The van der Waals surface area contributed by atoms with Gasteiger partial charge in [0.05, 0.1) is 27.3 Å². The van der Waals surface area contributed by atoms with Gasteiger partial charge in [0.15, 0.2) is 0 Å². The molecule has 0 radical (unpaired) electrons. The van der Waals surface area contributed by atoms with Gasteiger partial charge in [-0.2, -0.15) is 0 Å². The summed E-state index contributed by atoms with van der Waals surface area (Å²) in [6.07, 6.45) is 1.02. The summed E-state index contributed by atoms with van der Waals surface area (Å²) in [5.41, 5.74) is 6.80. The maximum atomic E-state index is 13.2. The number of sulfone groups is 1. The minimum absolute atomic E-state index is 0.00930. The fraction of sp³-hybridized carbons (Fsp3) is 0.0455. The van der Waals surface area contributed by atoms with Crippen LogP contribution in [0.4, 0.5) is 5.69 Å². The van der Waals surface area contributed by atoms with Gasteiger partial charge >= 0.3 is 0 Å². The van der Waals surface area contributed by atoms with Crippen LogP contribution < -0.4 is 10.5 Å². The molecule has 3 aromatic carbocycles. The fourth-order valence-corrected chi connectivity index (χ4v) is 5.65. The van der Waals surface area contributed by atoms with Crippen LogP contribution in [0.1, 0.15) is 10.5 Å². The van der Waals surface area contributed by atoms with Gasteiger partial charge in [-0.1, -0.05) is 29.8 Å². The number of primary amides is 1. The minimum atomic E-state index is -3.90. The van der Waals surface area contributed by atoms with Crippen molar-refractivity contribution < 1.29 is 21.6 Å². The van der Waals surface area contributed by atoms with E-state index in [1.165, 1.54) is 28.8 Å². The van der Waals surface area contributed by atoms with E-state index in [0.717, 1.165) is 6.26 Å². The van der Waals surface area contributed by atoms with Crippen molar-refractivity contribution in [3.63, 3.8) is 0 Å². The molecule has 11 heteroatoms. The van der Waals surface area contributed by atoms with Gasteiger partial charge in [0, 0.05) is 16.1 Å². The number of rotatable bonds is 6. The largest absolute Gasteiger partial charge is 0.364 e. The van der Waals surface area contributed by atoms with Gasteiger partial charge in [-0.15, -0.1) is 0 Å². The molecule has 4 rings (SSSR count). The molecule has 0 aliphatic rings. The van der Waals surface area contributed by atoms with Gasteiger partial charge in [0.2, 0.25) is 19.9 Å². The lowest BCUT2D eigenvalue weighted by Gasteiger charge is -2.12. The Bertz CT molecular complexity index is 1630. The van der Waals surface area contributed by atoms with Crippen molar-refractivity contribution >= 4 is 54.0 Å². The molecular weight excluding hydrogens is 486 g/mol. The quantitative estimate of drug-likeness (QED) is 0.415. The van der Waals surface area contributed by atoms with Gasteiger partial charge in [-0.3, -0.25) is 9.52 Å². The Morgan fingerprint density at radius 3 is 2.21 bits per heavy atom. The zero-order valence-corrected chi connectivity index (χ0v) is 19.6. The highest BCUT2D eigenvalue weighted by Crippen LogP contribution is 2.30. The maximum absolute atomic E-state index is 13.2. The van der Waals surface area contributed by atoms with E-state index in [9.17, 15) is 21.6 Å². The molecule has 1 aromatic heterocycles. The second-order valence-corrected chi connectivity index (χ2v) is 11.5. The average Bonchev–Trinajstić information content (AvgIpc) is 3.12. The lowest BCUT2D eigenvalue weighted by molar-refractivity contribution is 0.0994. The van der Waals surface area contributed by atoms with Crippen molar-refractivity contribution in [3.8, 4) is 5.69 Å². The van der Waals surface area contributed by atoms with E-state index in [4.69, 9.17) is 17.3 Å². The van der Waals surface area contributed by atoms with Crippen LogP contribution in [-0.2, 0) is 19.9 Å². The molecular formula is C22H18ClN3O5S2. The third-order valence-corrected chi connectivity index (χ3v) is 7.44. The average molecular weight is 504 g/mol. The molecule has 0 saturated carbocycles. The highest BCUT2D eigenvalue weighted by atomic mass is 35.5. The first-order valence-electron chi connectivity index (χ1n) is 9.50. The predicted molar refractivity (Wildman–Crippen MR) is 127 cm³/mol. The van der Waals surface area contributed by atoms with E-state index in [2.05, 4.69) is 4.72 Å².